The topological polar surface area (TPSA) is 29.1 Å². The Labute approximate surface area is 75.5 Å². The third-order valence-corrected chi connectivity index (χ3v) is 2.75. The highest BCUT2D eigenvalue weighted by atomic mass is 32.2. The molecule has 0 aromatic heterocycles. The van der Waals surface area contributed by atoms with Gasteiger partial charge < -0.3 is 0 Å². The molecular weight excluding hydrogens is 170 g/mol. The van der Waals surface area contributed by atoms with Crippen molar-refractivity contribution in [2.24, 2.45) is 0 Å². The summed E-state index contributed by atoms with van der Waals surface area (Å²) in [7, 11) is 0. The third kappa shape index (κ3) is 1.38. The molecule has 1 N–H and O–H groups in total. The Morgan fingerprint density at radius 1 is 1.33 bits per heavy atom. The summed E-state index contributed by atoms with van der Waals surface area (Å²) in [6.07, 6.45) is 0.601. The molecule has 0 radical (unpaired) electrons. The lowest BCUT2D eigenvalue weighted by atomic mass is 10.1. The minimum Gasteiger partial charge on any atom is -0.294 e. The van der Waals surface area contributed by atoms with E-state index in [1.165, 1.54) is 0 Å². The van der Waals surface area contributed by atoms with Gasteiger partial charge in [0.15, 0.2) is 5.78 Å². The molecule has 1 heterocycles. The lowest BCUT2D eigenvalue weighted by molar-refractivity contribution is 0.0983. The summed E-state index contributed by atoms with van der Waals surface area (Å²) in [6, 6.07) is 7.71. The Morgan fingerprint density at radius 2 is 2.17 bits per heavy atom. The van der Waals surface area contributed by atoms with E-state index in [9.17, 15) is 4.79 Å². The quantitative estimate of drug-likeness (QED) is 0.616. The van der Waals surface area contributed by atoms with Crippen LogP contribution in [0.15, 0.2) is 29.2 Å². The first-order valence-corrected chi connectivity index (χ1v) is 4.71. The van der Waals surface area contributed by atoms with Gasteiger partial charge >= 0.3 is 0 Å². The van der Waals surface area contributed by atoms with Gasteiger partial charge in [0, 0.05) is 23.4 Å². The predicted octanol–water partition coefficient (Wildman–Crippen LogP) is 1.87. The molecule has 0 saturated carbocycles. The average Bonchev–Trinajstić information content (AvgIpc) is 2.29. The van der Waals surface area contributed by atoms with Crippen LogP contribution in [0.25, 0.3) is 0 Å². The van der Waals surface area contributed by atoms with Crippen LogP contribution < -0.4 is 4.72 Å². The highest BCUT2D eigenvalue weighted by Crippen LogP contribution is 2.23. The number of carbonyl (C=O) groups excluding carboxylic acids is 1. The zero-order valence-corrected chi connectivity index (χ0v) is 7.36. The minimum atomic E-state index is 0.239. The Bertz CT molecular complexity index is 311. The van der Waals surface area contributed by atoms with Crippen molar-refractivity contribution in [3.05, 3.63) is 29.8 Å². The number of hydrogen-bond acceptors (Lipinski definition) is 3. The van der Waals surface area contributed by atoms with Gasteiger partial charge in [-0.2, -0.15) is 0 Å². The molecule has 1 aromatic carbocycles. The number of nitrogens with one attached hydrogen (secondary N) is 1. The first-order valence-electron chi connectivity index (χ1n) is 3.90. The predicted molar refractivity (Wildman–Crippen MR) is 49.2 cm³/mol. The van der Waals surface area contributed by atoms with E-state index in [-0.39, 0.29) is 5.78 Å². The van der Waals surface area contributed by atoms with E-state index < -0.39 is 0 Å². The number of Topliss-reactive ketones (excluding diaryl/α,β-unsaturated/α-hetero) is 1. The van der Waals surface area contributed by atoms with E-state index in [1.54, 1.807) is 11.9 Å². The molecule has 2 rings (SSSR count). The number of carbonyl (C=O) groups is 1. The molecule has 0 saturated heterocycles. The van der Waals surface area contributed by atoms with Crippen molar-refractivity contribution < 1.29 is 4.79 Å². The number of fused-ring (bicyclic) bond motifs is 1. The maximum absolute atomic E-state index is 11.5. The molecule has 0 spiro atoms. The molecule has 1 aliphatic rings. The first-order chi connectivity index (χ1) is 5.88. The van der Waals surface area contributed by atoms with Crippen LogP contribution in [0.2, 0.25) is 0 Å². The fourth-order valence-electron chi connectivity index (χ4n) is 1.21. The highest BCUT2D eigenvalue weighted by molar-refractivity contribution is 7.97. The van der Waals surface area contributed by atoms with E-state index in [1.807, 2.05) is 24.3 Å². The maximum atomic E-state index is 11.5. The molecule has 3 heteroatoms. The molecule has 1 aliphatic heterocycles. The smallest absolute Gasteiger partial charge is 0.165 e. The second-order valence-corrected chi connectivity index (χ2v) is 3.60. The van der Waals surface area contributed by atoms with E-state index in [2.05, 4.69) is 4.72 Å². The van der Waals surface area contributed by atoms with Crippen molar-refractivity contribution >= 4 is 17.7 Å². The molecule has 0 bridgehead atoms. The van der Waals surface area contributed by atoms with Crippen LogP contribution in [0.4, 0.5) is 0 Å². The van der Waals surface area contributed by atoms with E-state index in [4.69, 9.17) is 0 Å². The largest absolute Gasteiger partial charge is 0.294 e. The minimum absolute atomic E-state index is 0.239. The van der Waals surface area contributed by atoms with E-state index >= 15 is 0 Å². The summed E-state index contributed by atoms with van der Waals surface area (Å²) >= 11 is 1.54. The van der Waals surface area contributed by atoms with Gasteiger partial charge in [-0.3, -0.25) is 9.52 Å². The van der Waals surface area contributed by atoms with Crippen molar-refractivity contribution in [1.29, 1.82) is 0 Å². The average molecular weight is 179 g/mol. The molecule has 2 nitrogen and oxygen atoms in total. The fraction of sp³-hybridized carbons (Fsp3) is 0.222. The molecule has 62 valence electrons. The third-order valence-electron chi connectivity index (χ3n) is 1.82. The van der Waals surface area contributed by atoms with Crippen LogP contribution in [0.5, 0.6) is 0 Å². The Balaban J connectivity index is 2.46. The maximum Gasteiger partial charge on any atom is 0.165 e. The van der Waals surface area contributed by atoms with Crippen molar-refractivity contribution in [2.75, 3.05) is 6.54 Å². The molecular formula is C9H9NOS. The van der Waals surface area contributed by atoms with E-state index in [0.29, 0.717) is 6.42 Å². The summed E-state index contributed by atoms with van der Waals surface area (Å²) < 4.78 is 3.13. The van der Waals surface area contributed by atoms with Crippen LogP contribution in [0.1, 0.15) is 16.8 Å². The summed E-state index contributed by atoms with van der Waals surface area (Å²) in [4.78, 5) is 12.5. The number of ketones is 1. The number of hydrogen-bond donors (Lipinski definition) is 1. The molecule has 0 aliphatic carbocycles. The van der Waals surface area contributed by atoms with Crippen LogP contribution in [0, 0.1) is 0 Å². The van der Waals surface area contributed by atoms with Crippen molar-refractivity contribution in [2.45, 2.75) is 11.3 Å². The van der Waals surface area contributed by atoms with Crippen LogP contribution in [-0.4, -0.2) is 12.3 Å². The Kier molecular flexibility index (Phi) is 2.15. The molecule has 0 unspecified atom stereocenters. The standard InChI is InChI=1S/C9H9NOS/c11-8-5-6-10-12-9-4-2-1-3-7(8)9/h1-4,10H,5-6H2. The molecule has 0 fully saturated rings. The van der Waals surface area contributed by atoms with Gasteiger partial charge in [0.1, 0.15) is 0 Å². The van der Waals surface area contributed by atoms with Gasteiger partial charge in [-0.05, 0) is 18.0 Å². The lowest BCUT2D eigenvalue weighted by Crippen LogP contribution is -2.06. The number of benzene rings is 1. The molecule has 12 heavy (non-hydrogen) atoms. The normalized spacial score (nSPS) is 16.8. The van der Waals surface area contributed by atoms with Crippen molar-refractivity contribution in [3.8, 4) is 0 Å². The highest BCUT2D eigenvalue weighted by Gasteiger charge is 2.13. The summed E-state index contributed by atoms with van der Waals surface area (Å²) in [6.45, 7) is 0.762. The van der Waals surface area contributed by atoms with Crippen LogP contribution in [-0.2, 0) is 0 Å². The summed E-state index contributed by atoms with van der Waals surface area (Å²) in [5, 5.41) is 0. The van der Waals surface area contributed by atoms with Crippen LogP contribution >= 0.6 is 11.9 Å². The van der Waals surface area contributed by atoms with Crippen molar-refractivity contribution in [3.63, 3.8) is 0 Å². The van der Waals surface area contributed by atoms with Gasteiger partial charge in [0.2, 0.25) is 0 Å². The SMILES string of the molecule is O=C1CCNSc2ccccc21. The van der Waals surface area contributed by atoms with Gasteiger partial charge in [0.25, 0.3) is 0 Å². The second-order valence-electron chi connectivity index (χ2n) is 2.67. The van der Waals surface area contributed by atoms with Gasteiger partial charge in [-0.25, -0.2) is 0 Å². The monoisotopic (exact) mass is 179 g/mol. The second kappa shape index (κ2) is 3.29. The van der Waals surface area contributed by atoms with E-state index in [0.717, 1.165) is 17.0 Å². The Morgan fingerprint density at radius 3 is 3.08 bits per heavy atom. The van der Waals surface area contributed by atoms with Crippen molar-refractivity contribution in [1.82, 2.24) is 4.72 Å². The molecule has 0 atom stereocenters. The zero-order chi connectivity index (χ0) is 8.39. The van der Waals surface area contributed by atoms with Gasteiger partial charge in [-0.1, -0.05) is 18.2 Å². The fourth-order valence-corrected chi connectivity index (χ4v) is 2.01. The van der Waals surface area contributed by atoms with Gasteiger partial charge in [-0.15, -0.1) is 0 Å². The zero-order valence-electron chi connectivity index (χ0n) is 6.54. The Hall–Kier alpha value is -0.800. The van der Waals surface area contributed by atoms with Crippen LogP contribution in [0.3, 0.4) is 0 Å². The molecule has 0 amide bonds. The van der Waals surface area contributed by atoms with Gasteiger partial charge in [0.05, 0.1) is 0 Å². The number of rotatable bonds is 0. The lowest BCUT2D eigenvalue weighted by Gasteiger charge is -2.00. The first kappa shape index (κ1) is 7.83. The summed E-state index contributed by atoms with van der Waals surface area (Å²) in [5.41, 5.74) is 0.854. The summed E-state index contributed by atoms with van der Waals surface area (Å²) in [5.74, 6) is 0.239. The molecule has 1 aromatic rings.